The first-order valence-electron chi connectivity index (χ1n) is 7.43. The molecule has 0 atom stereocenters. The minimum atomic E-state index is -1.06. The van der Waals surface area contributed by atoms with Crippen LogP contribution < -0.4 is 10.1 Å². The lowest BCUT2D eigenvalue weighted by Crippen LogP contribution is -2.08. The normalized spacial score (nSPS) is 11.8. The fraction of sp³-hybridized carbons (Fsp3) is 0. The lowest BCUT2D eigenvalue weighted by Gasteiger charge is -2.23. The van der Waals surface area contributed by atoms with E-state index in [2.05, 4.69) is 5.32 Å². The quantitative estimate of drug-likeness (QED) is 0.528. The summed E-state index contributed by atoms with van der Waals surface area (Å²) in [5, 5.41) is 12.3. The van der Waals surface area contributed by atoms with E-state index in [0.717, 1.165) is 12.1 Å². The number of rotatable bonds is 2. The van der Waals surface area contributed by atoms with E-state index in [1.807, 2.05) is 0 Å². The van der Waals surface area contributed by atoms with Crippen LogP contribution in [0.15, 0.2) is 54.6 Å². The Hall–Kier alpha value is -3.41. The van der Waals surface area contributed by atoms with E-state index in [0.29, 0.717) is 34.0 Å². The first-order chi connectivity index (χ1) is 12.0. The van der Waals surface area contributed by atoms with Crippen LogP contribution in [0.3, 0.4) is 0 Å². The summed E-state index contributed by atoms with van der Waals surface area (Å²) < 4.78 is 32.3. The summed E-state index contributed by atoms with van der Waals surface area (Å²) in [6.45, 7) is 0. The van der Waals surface area contributed by atoms with Gasteiger partial charge in [-0.05, 0) is 47.5 Å². The summed E-state index contributed by atoms with van der Waals surface area (Å²) >= 11 is 0. The molecule has 1 aliphatic rings. The topological polar surface area (TPSA) is 58.6 Å². The zero-order valence-corrected chi connectivity index (χ0v) is 12.7. The number of carbonyl (C=O) groups is 1. The molecule has 2 N–H and O–H groups in total. The smallest absolute Gasteiger partial charge is 0.337 e. The highest BCUT2D eigenvalue weighted by atomic mass is 19.2. The fourth-order valence-corrected chi connectivity index (χ4v) is 2.74. The Labute approximate surface area is 141 Å². The van der Waals surface area contributed by atoms with Crippen molar-refractivity contribution >= 4 is 17.3 Å². The molecule has 1 heterocycles. The standard InChI is InChI=1S/C19H11F2NO3/c20-13-6-4-10(8-14(13)21)11-5-7-15-17(9-11)25-16-3-1-2-12(19(23)24)18(16)22-15/h1-9,22H,(H,23,24). The summed E-state index contributed by atoms with van der Waals surface area (Å²) in [6.07, 6.45) is 0. The second-order valence-corrected chi connectivity index (χ2v) is 5.55. The van der Waals surface area contributed by atoms with Crippen LogP contribution in [0.2, 0.25) is 0 Å². The molecule has 3 aromatic carbocycles. The molecule has 0 aliphatic carbocycles. The maximum absolute atomic E-state index is 13.4. The van der Waals surface area contributed by atoms with Crippen LogP contribution in [0.1, 0.15) is 10.4 Å². The predicted octanol–water partition coefficient (Wildman–Crippen LogP) is 5.18. The zero-order valence-electron chi connectivity index (χ0n) is 12.7. The summed E-state index contributed by atoms with van der Waals surface area (Å²) in [7, 11) is 0. The fourth-order valence-electron chi connectivity index (χ4n) is 2.74. The van der Waals surface area contributed by atoms with Gasteiger partial charge in [0.15, 0.2) is 23.1 Å². The summed E-state index contributed by atoms with van der Waals surface area (Å²) in [5.74, 6) is -2.04. The van der Waals surface area contributed by atoms with Gasteiger partial charge in [-0.3, -0.25) is 0 Å². The zero-order chi connectivity index (χ0) is 17.6. The van der Waals surface area contributed by atoms with E-state index in [1.54, 1.807) is 30.3 Å². The van der Waals surface area contributed by atoms with Gasteiger partial charge >= 0.3 is 5.97 Å². The third-order valence-corrected chi connectivity index (χ3v) is 3.97. The molecular formula is C19H11F2NO3. The average molecular weight is 339 g/mol. The lowest BCUT2D eigenvalue weighted by atomic mass is 10.0. The SMILES string of the molecule is O=C(O)c1cccc2c1Nc1ccc(-c3ccc(F)c(F)c3)cc1O2. The minimum Gasteiger partial charge on any atom is -0.478 e. The second kappa shape index (κ2) is 5.59. The Bertz CT molecular complexity index is 1020. The number of carboxylic acid groups (broad SMARTS) is 1. The average Bonchev–Trinajstić information content (AvgIpc) is 2.61. The summed E-state index contributed by atoms with van der Waals surface area (Å²) in [4.78, 5) is 11.3. The predicted molar refractivity (Wildman–Crippen MR) is 88.6 cm³/mol. The number of nitrogens with one attached hydrogen (secondary N) is 1. The number of hydrogen-bond donors (Lipinski definition) is 2. The van der Waals surface area contributed by atoms with E-state index in [9.17, 15) is 18.7 Å². The van der Waals surface area contributed by atoms with Crippen molar-refractivity contribution in [2.24, 2.45) is 0 Å². The summed E-state index contributed by atoms with van der Waals surface area (Å²) in [6, 6.07) is 13.5. The summed E-state index contributed by atoms with van der Waals surface area (Å²) in [5.41, 5.74) is 2.23. The first-order valence-corrected chi connectivity index (χ1v) is 7.43. The van der Waals surface area contributed by atoms with Gasteiger partial charge in [0, 0.05) is 0 Å². The maximum atomic E-state index is 13.4. The molecule has 4 rings (SSSR count). The van der Waals surface area contributed by atoms with Gasteiger partial charge in [0.2, 0.25) is 0 Å². The van der Waals surface area contributed by atoms with Crippen LogP contribution in [-0.2, 0) is 0 Å². The van der Waals surface area contributed by atoms with Crippen molar-refractivity contribution in [3.05, 3.63) is 71.8 Å². The van der Waals surface area contributed by atoms with Crippen molar-refractivity contribution in [2.45, 2.75) is 0 Å². The molecule has 0 radical (unpaired) electrons. The van der Waals surface area contributed by atoms with Gasteiger partial charge in [-0.15, -0.1) is 0 Å². The largest absolute Gasteiger partial charge is 0.478 e. The highest BCUT2D eigenvalue weighted by Crippen LogP contribution is 2.44. The van der Waals surface area contributed by atoms with Crippen LogP contribution in [0.5, 0.6) is 11.5 Å². The second-order valence-electron chi connectivity index (χ2n) is 5.55. The highest BCUT2D eigenvalue weighted by Gasteiger charge is 2.22. The van der Waals surface area contributed by atoms with E-state index < -0.39 is 17.6 Å². The third-order valence-electron chi connectivity index (χ3n) is 3.97. The number of fused-ring (bicyclic) bond motifs is 2. The molecule has 4 nitrogen and oxygen atoms in total. The van der Waals surface area contributed by atoms with E-state index in [1.165, 1.54) is 12.1 Å². The molecule has 1 aliphatic heterocycles. The molecule has 0 saturated carbocycles. The number of para-hydroxylation sites is 1. The number of halogens is 2. The molecule has 0 fully saturated rings. The van der Waals surface area contributed by atoms with Crippen LogP contribution in [0, 0.1) is 11.6 Å². The molecule has 124 valence electrons. The molecule has 0 spiro atoms. The molecule has 0 bridgehead atoms. The van der Waals surface area contributed by atoms with E-state index in [4.69, 9.17) is 4.74 Å². The molecule has 25 heavy (non-hydrogen) atoms. The van der Waals surface area contributed by atoms with Crippen molar-refractivity contribution in [3.63, 3.8) is 0 Å². The molecule has 0 amide bonds. The highest BCUT2D eigenvalue weighted by molar-refractivity contribution is 5.98. The van der Waals surface area contributed by atoms with Gasteiger partial charge in [-0.1, -0.05) is 18.2 Å². The van der Waals surface area contributed by atoms with Gasteiger partial charge in [0.05, 0.1) is 16.9 Å². The maximum Gasteiger partial charge on any atom is 0.337 e. The molecule has 0 unspecified atom stereocenters. The number of benzene rings is 3. The number of aromatic carboxylic acids is 1. The van der Waals surface area contributed by atoms with Crippen molar-refractivity contribution in [1.29, 1.82) is 0 Å². The number of hydrogen-bond acceptors (Lipinski definition) is 3. The first kappa shape index (κ1) is 15.1. The molecular weight excluding hydrogens is 328 g/mol. The molecule has 0 saturated heterocycles. The van der Waals surface area contributed by atoms with Crippen LogP contribution >= 0.6 is 0 Å². The van der Waals surface area contributed by atoms with Crippen molar-refractivity contribution in [1.82, 2.24) is 0 Å². The third kappa shape index (κ3) is 2.57. The lowest BCUT2D eigenvalue weighted by molar-refractivity contribution is 0.0697. The molecule has 0 aromatic heterocycles. The Balaban J connectivity index is 1.75. The monoisotopic (exact) mass is 339 g/mol. The number of anilines is 2. The molecule has 6 heteroatoms. The van der Waals surface area contributed by atoms with Gasteiger partial charge in [-0.25, -0.2) is 13.6 Å². The van der Waals surface area contributed by atoms with Crippen LogP contribution in [-0.4, -0.2) is 11.1 Å². The Kier molecular flexibility index (Phi) is 3.39. The van der Waals surface area contributed by atoms with Gasteiger partial charge in [0.25, 0.3) is 0 Å². The van der Waals surface area contributed by atoms with Crippen molar-refractivity contribution < 1.29 is 23.4 Å². The van der Waals surface area contributed by atoms with Gasteiger partial charge in [-0.2, -0.15) is 0 Å². The number of carboxylic acids is 1. The Morgan fingerprint density at radius 3 is 2.44 bits per heavy atom. The van der Waals surface area contributed by atoms with Crippen molar-refractivity contribution in [2.75, 3.05) is 5.32 Å². The number of ether oxygens (including phenoxy) is 1. The molecule has 3 aromatic rings. The Morgan fingerprint density at radius 2 is 1.68 bits per heavy atom. The van der Waals surface area contributed by atoms with Crippen LogP contribution in [0.25, 0.3) is 11.1 Å². The van der Waals surface area contributed by atoms with Gasteiger partial charge < -0.3 is 15.2 Å². The Morgan fingerprint density at radius 1 is 0.920 bits per heavy atom. The van der Waals surface area contributed by atoms with E-state index in [-0.39, 0.29) is 5.56 Å². The van der Waals surface area contributed by atoms with Crippen molar-refractivity contribution in [3.8, 4) is 22.6 Å². The minimum absolute atomic E-state index is 0.104. The van der Waals surface area contributed by atoms with Gasteiger partial charge in [0.1, 0.15) is 0 Å². The van der Waals surface area contributed by atoms with E-state index >= 15 is 0 Å². The van der Waals surface area contributed by atoms with Crippen LogP contribution in [0.4, 0.5) is 20.2 Å².